The summed E-state index contributed by atoms with van der Waals surface area (Å²) in [7, 11) is 3.52. The van der Waals surface area contributed by atoms with Gasteiger partial charge in [-0.3, -0.25) is 4.79 Å². The zero-order valence-corrected chi connectivity index (χ0v) is 12.1. The van der Waals surface area contributed by atoms with Gasteiger partial charge in [-0.15, -0.1) is 0 Å². The van der Waals surface area contributed by atoms with Crippen molar-refractivity contribution in [2.75, 3.05) is 13.7 Å². The maximum atomic E-state index is 12.0. The highest BCUT2D eigenvalue weighted by Crippen LogP contribution is 2.19. The number of carbonyl (C=O) groups is 1. The van der Waals surface area contributed by atoms with E-state index in [0.29, 0.717) is 12.2 Å². The van der Waals surface area contributed by atoms with Gasteiger partial charge in [0.2, 0.25) is 0 Å². The number of aromatic nitrogens is 1. The van der Waals surface area contributed by atoms with Crippen LogP contribution in [0.1, 0.15) is 21.6 Å². The molecule has 0 saturated heterocycles. The number of amides is 1. The monoisotopic (exact) mass is 272 g/mol. The molecule has 1 aromatic heterocycles. The van der Waals surface area contributed by atoms with Crippen LogP contribution in [0, 0.1) is 6.92 Å². The zero-order chi connectivity index (χ0) is 14.5. The number of benzene rings is 1. The van der Waals surface area contributed by atoms with Crippen molar-refractivity contribution in [3.63, 3.8) is 0 Å². The number of carbonyl (C=O) groups excluding carboxylic acids is 1. The minimum atomic E-state index is -0.0517. The Hall–Kier alpha value is -2.23. The minimum absolute atomic E-state index is 0.0517. The molecule has 0 aliphatic heterocycles. The molecule has 4 heteroatoms. The Balaban J connectivity index is 1.95. The van der Waals surface area contributed by atoms with E-state index in [1.165, 1.54) is 5.56 Å². The van der Waals surface area contributed by atoms with Crippen LogP contribution < -0.4 is 10.1 Å². The van der Waals surface area contributed by atoms with E-state index in [4.69, 9.17) is 4.74 Å². The molecule has 0 unspecified atom stereocenters. The Labute approximate surface area is 119 Å². The van der Waals surface area contributed by atoms with Crippen LogP contribution in [0.3, 0.4) is 0 Å². The van der Waals surface area contributed by atoms with Gasteiger partial charge in [-0.25, -0.2) is 0 Å². The van der Waals surface area contributed by atoms with Gasteiger partial charge in [0, 0.05) is 19.8 Å². The lowest BCUT2D eigenvalue weighted by Gasteiger charge is -2.10. The van der Waals surface area contributed by atoms with Crippen LogP contribution in [0.25, 0.3) is 0 Å². The second-order valence-electron chi connectivity index (χ2n) is 4.83. The van der Waals surface area contributed by atoms with Crippen molar-refractivity contribution in [3.8, 4) is 5.75 Å². The summed E-state index contributed by atoms with van der Waals surface area (Å²) in [6.07, 6.45) is 2.61. The number of hydrogen-bond acceptors (Lipinski definition) is 2. The normalized spacial score (nSPS) is 10.3. The molecule has 0 aliphatic carbocycles. The number of rotatable bonds is 5. The van der Waals surface area contributed by atoms with Gasteiger partial charge in [-0.05, 0) is 37.1 Å². The number of aryl methyl sites for hydroxylation is 2. The summed E-state index contributed by atoms with van der Waals surface area (Å²) in [5, 5.41) is 2.93. The highest BCUT2D eigenvalue weighted by atomic mass is 16.5. The third-order valence-electron chi connectivity index (χ3n) is 3.29. The molecule has 1 aromatic carbocycles. The van der Waals surface area contributed by atoms with E-state index < -0.39 is 0 Å². The lowest BCUT2D eigenvalue weighted by Crippen LogP contribution is -2.27. The van der Waals surface area contributed by atoms with Gasteiger partial charge < -0.3 is 14.6 Å². The van der Waals surface area contributed by atoms with Crippen molar-refractivity contribution >= 4 is 5.91 Å². The Kier molecular flexibility index (Phi) is 4.45. The van der Waals surface area contributed by atoms with Gasteiger partial charge in [0.05, 0.1) is 7.11 Å². The highest BCUT2D eigenvalue weighted by Gasteiger charge is 2.09. The lowest BCUT2D eigenvalue weighted by atomic mass is 10.1. The molecule has 20 heavy (non-hydrogen) atoms. The Morgan fingerprint density at radius 3 is 2.80 bits per heavy atom. The van der Waals surface area contributed by atoms with Gasteiger partial charge in [0.1, 0.15) is 11.4 Å². The van der Waals surface area contributed by atoms with E-state index >= 15 is 0 Å². The van der Waals surface area contributed by atoms with Crippen molar-refractivity contribution in [2.45, 2.75) is 13.3 Å². The standard InChI is InChI=1S/C16H20N2O2/c1-12-6-7-15(20-3)13(11-12)8-9-17-16(19)14-5-4-10-18(14)2/h4-7,10-11H,8-9H2,1-3H3,(H,17,19). The maximum absolute atomic E-state index is 12.0. The first kappa shape index (κ1) is 14.2. The molecular weight excluding hydrogens is 252 g/mol. The predicted molar refractivity (Wildman–Crippen MR) is 79.2 cm³/mol. The van der Waals surface area contributed by atoms with E-state index in [-0.39, 0.29) is 5.91 Å². The summed E-state index contributed by atoms with van der Waals surface area (Å²) in [6, 6.07) is 9.74. The first-order valence-corrected chi connectivity index (χ1v) is 6.65. The van der Waals surface area contributed by atoms with E-state index in [9.17, 15) is 4.79 Å². The van der Waals surface area contributed by atoms with Gasteiger partial charge in [-0.1, -0.05) is 17.7 Å². The molecule has 4 nitrogen and oxygen atoms in total. The number of hydrogen-bond donors (Lipinski definition) is 1. The van der Waals surface area contributed by atoms with Crippen LogP contribution in [-0.2, 0) is 13.5 Å². The van der Waals surface area contributed by atoms with Crippen LogP contribution in [0.2, 0.25) is 0 Å². The highest BCUT2D eigenvalue weighted by molar-refractivity contribution is 5.92. The van der Waals surface area contributed by atoms with Gasteiger partial charge in [-0.2, -0.15) is 0 Å². The summed E-state index contributed by atoms with van der Waals surface area (Å²) >= 11 is 0. The SMILES string of the molecule is COc1ccc(C)cc1CCNC(=O)c1cccn1C. The van der Waals surface area contributed by atoms with Gasteiger partial charge in [0.25, 0.3) is 5.91 Å². The summed E-state index contributed by atoms with van der Waals surface area (Å²) < 4.78 is 7.14. The Morgan fingerprint density at radius 2 is 2.15 bits per heavy atom. The molecule has 2 aromatic rings. The molecule has 0 spiro atoms. The average Bonchev–Trinajstić information content (AvgIpc) is 2.85. The summed E-state index contributed by atoms with van der Waals surface area (Å²) in [4.78, 5) is 12.0. The molecule has 1 heterocycles. The topological polar surface area (TPSA) is 43.3 Å². The Morgan fingerprint density at radius 1 is 1.35 bits per heavy atom. The lowest BCUT2D eigenvalue weighted by molar-refractivity contribution is 0.0946. The zero-order valence-electron chi connectivity index (χ0n) is 12.1. The first-order valence-electron chi connectivity index (χ1n) is 6.65. The summed E-state index contributed by atoms with van der Waals surface area (Å²) in [5.74, 6) is 0.813. The third-order valence-corrected chi connectivity index (χ3v) is 3.29. The number of nitrogens with zero attached hydrogens (tertiary/aromatic N) is 1. The van der Waals surface area contributed by atoms with E-state index in [2.05, 4.69) is 11.4 Å². The predicted octanol–water partition coefficient (Wildman–Crippen LogP) is 2.31. The fourth-order valence-corrected chi connectivity index (χ4v) is 2.20. The smallest absolute Gasteiger partial charge is 0.267 e. The van der Waals surface area contributed by atoms with Crippen molar-refractivity contribution in [3.05, 3.63) is 53.3 Å². The number of methoxy groups -OCH3 is 1. The van der Waals surface area contributed by atoms with Crippen molar-refractivity contribution < 1.29 is 9.53 Å². The van der Waals surface area contributed by atoms with E-state index in [1.54, 1.807) is 7.11 Å². The first-order chi connectivity index (χ1) is 9.61. The fraction of sp³-hybridized carbons (Fsp3) is 0.312. The average molecular weight is 272 g/mol. The summed E-state index contributed by atoms with van der Waals surface area (Å²) in [5.41, 5.74) is 2.97. The molecule has 2 rings (SSSR count). The maximum Gasteiger partial charge on any atom is 0.267 e. The minimum Gasteiger partial charge on any atom is -0.496 e. The molecule has 0 radical (unpaired) electrons. The summed E-state index contributed by atoms with van der Waals surface area (Å²) in [6.45, 7) is 2.63. The molecule has 0 saturated carbocycles. The van der Waals surface area contributed by atoms with Gasteiger partial charge >= 0.3 is 0 Å². The van der Waals surface area contributed by atoms with E-state index in [1.807, 2.05) is 49.0 Å². The molecule has 0 atom stereocenters. The molecule has 0 bridgehead atoms. The molecule has 1 amide bonds. The van der Waals surface area contributed by atoms with Gasteiger partial charge in [0.15, 0.2) is 0 Å². The second kappa shape index (κ2) is 6.28. The van der Waals surface area contributed by atoms with Crippen LogP contribution >= 0.6 is 0 Å². The van der Waals surface area contributed by atoms with Crippen molar-refractivity contribution in [2.24, 2.45) is 7.05 Å². The van der Waals surface area contributed by atoms with Crippen molar-refractivity contribution in [1.29, 1.82) is 0 Å². The largest absolute Gasteiger partial charge is 0.496 e. The van der Waals surface area contributed by atoms with Crippen LogP contribution in [-0.4, -0.2) is 24.1 Å². The van der Waals surface area contributed by atoms with Crippen LogP contribution in [0.4, 0.5) is 0 Å². The number of ether oxygens (including phenoxy) is 1. The van der Waals surface area contributed by atoms with Crippen LogP contribution in [0.15, 0.2) is 36.5 Å². The molecule has 0 aliphatic rings. The molecular formula is C16H20N2O2. The third kappa shape index (κ3) is 3.20. The fourth-order valence-electron chi connectivity index (χ4n) is 2.20. The second-order valence-corrected chi connectivity index (χ2v) is 4.83. The van der Waals surface area contributed by atoms with Crippen LogP contribution in [0.5, 0.6) is 5.75 Å². The molecule has 106 valence electrons. The quantitative estimate of drug-likeness (QED) is 0.907. The van der Waals surface area contributed by atoms with Crippen molar-refractivity contribution in [1.82, 2.24) is 9.88 Å². The molecule has 0 fully saturated rings. The molecule has 1 N–H and O–H groups in total. The number of nitrogens with one attached hydrogen (secondary N) is 1. The Bertz CT molecular complexity index is 602. The van der Waals surface area contributed by atoms with E-state index in [0.717, 1.165) is 17.7 Å².